The van der Waals surface area contributed by atoms with Crippen LogP contribution in [0.1, 0.15) is 31.0 Å². The van der Waals surface area contributed by atoms with E-state index in [9.17, 15) is 5.11 Å². The molecular weight excluding hydrogens is 196 g/mol. The number of aliphatic carboxylic acids is 1. The first-order chi connectivity index (χ1) is 6.97. The predicted octanol–water partition coefficient (Wildman–Crippen LogP) is 2.29. The van der Waals surface area contributed by atoms with E-state index in [1.165, 1.54) is 0 Å². The minimum atomic E-state index is -0.833. The molecule has 0 aliphatic heterocycles. The molecule has 1 aromatic rings. The second kappa shape index (κ2) is 6.84. The van der Waals surface area contributed by atoms with Crippen molar-refractivity contribution in [3.63, 3.8) is 0 Å². The van der Waals surface area contributed by atoms with Gasteiger partial charge in [0.15, 0.2) is 0 Å². The second-order valence-corrected chi connectivity index (χ2v) is 3.01. The third-order valence-corrected chi connectivity index (χ3v) is 1.48. The van der Waals surface area contributed by atoms with Crippen LogP contribution in [0.4, 0.5) is 0 Å². The zero-order valence-electron chi connectivity index (χ0n) is 8.93. The highest BCUT2D eigenvalue weighted by Crippen LogP contribution is 2.18. The van der Waals surface area contributed by atoms with Crippen molar-refractivity contribution in [3.05, 3.63) is 36.3 Å². The average molecular weight is 212 g/mol. The monoisotopic (exact) mass is 212 g/mol. The molecule has 0 aliphatic carbocycles. The summed E-state index contributed by atoms with van der Waals surface area (Å²) in [6.07, 6.45) is 1.66. The summed E-state index contributed by atoms with van der Waals surface area (Å²) in [5.41, 5.74) is 0. The van der Waals surface area contributed by atoms with E-state index in [1.54, 1.807) is 12.1 Å². The number of aliphatic hydroxyl groups is 1. The Hall–Kier alpha value is -1.55. The molecule has 1 unspecified atom stereocenters. The van der Waals surface area contributed by atoms with E-state index in [0.717, 1.165) is 12.7 Å². The fourth-order valence-electron chi connectivity index (χ4n) is 0.907. The molecule has 84 valence electrons. The summed E-state index contributed by atoms with van der Waals surface area (Å²) in [7, 11) is 0. The molecule has 0 amide bonds. The van der Waals surface area contributed by atoms with Gasteiger partial charge >= 0.3 is 0 Å². The van der Waals surface area contributed by atoms with Crippen molar-refractivity contribution in [1.29, 1.82) is 0 Å². The molecule has 1 rings (SSSR count). The Labute approximate surface area is 88.8 Å². The van der Waals surface area contributed by atoms with Gasteiger partial charge in [-0.15, -0.1) is 6.58 Å². The number of carboxylic acid groups (broad SMARTS) is 1. The fourth-order valence-corrected chi connectivity index (χ4v) is 0.907. The molecule has 0 saturated carbocycles. The smallest absolute Gasteiger partial charge is 0.300 e. The second-order valence-electron chi connectivity index (χ2n) is 3.01. The molecule has 0 bridgehead atoms. The van der Waals surface area contributed by atoms with Crippen LogP contribution in [0.25, 0.3) is 0 Å². The number of aryl methyl sites for hydroxylation is 1. The molecule has 0 aromatic carbocycles. The summed E-state index contributed by atoms with van der Waals surface area (Å²) >= 11 is 0. The maximum atomic E-state index is 9.37. The molecule has 0 aliphatic rings. The van der Waals surface area contributed by atoms with E-state index in [-0.39, 0.29) is 0 Å². The standard InChI is InChI=1S/C9H12O2.C2H4O2/c1-3-4-8(10)9-6-5-7(2)11-9;1-2(3)4/h3,5-6,8,10H,1,4H2,2H3;1H3,(H,3,4). The summed E-state index contributed by atoms with van der Waals surface area (Å²) in [6.45, 7) is 6.47. The SMILES string of the molecule is C=CCC(O)c1ccc(C)o1.CC(=O)O. The summed E-state index contributed by atoms with van der Waals surface area (Å²) < 4.78 is 5.20. The number of carboxylic acids is 1. The van der Waals surface area contributed by atoms with Crippen LogP contribution in [-0.4, -0.2) is 16.2 Å². The van der Waals surface area contributed by atoms with Gasteiger partial charge in [-0.3, -0.25) is 4.79 Å². The molecule has 4 nitrogen and oxygen atoms in total. The van der Waals surface area contributed by atoms with Gasteiger partial charge in [0.1, 0.15) is 17.6 Å². The first-order valence-electron chi connectivity index (χ1n) is 4.52. The van der Waals surface area contributed by atoms with Gasteiger partial charge in [0.2, 0.25) is 0 Å². The van der Waals surface area contributed by atoms with E-state index in [0.29, 0.717) is 12.2 Å². The lowest BCUT2D eigenvalue weighted by atomic mass is 10.2. The number of aliphatic hydroxyl groups excluding tert-OH is 1. The van der Waals surface area contributed by atoms with Gasteiger partial charge in [-0.25, -0.2) is 0 Å². The number of hydrogen-bond acceptors (Lipinski definition) is 3. The summed E-state index contributed by atoms with van der Waals surface area (Å²) in [4.78, 5) is 9.00. The Bertz CT molecular complexity index is 310. The predicted molar refractivity (Wildman–Crippen MR) is 56.5 cm³/mol. The summed E-state index contributed by atoms with van der Waals surface area (Å²) in [6, 6.07) is 3.62. The largest absolute Gasteiger partial charge is 0.481 e. The van der Waals surface area contributed by atoms with Gasteiger partial charge in [0, 0.05) is 6.92 Å². The number of rotatable bonds is 3. The van der Waals surface area contributed by atoms with Crippen molar-refractivity contribution >= 4 is 5.97 Å². The third-order valence-electron chi connectivity index (χ3n) is 1.48. The Morgan fingerprint density at radius 3 is 2.53 bits per heavy atom. The van der Waals surface area contributed by atoms with Crippen molar-refractivity contribution in [3.8, 4) is 0 Å². The van der Waals surface area contributed by atoms with Crippen LogP contribution in [-0.2, 0) is 4.79 Å². The van der Waals surface area contributed by atoms with Gasteiger partial charge in [0.05, 0.1) is 0 Å². The normalized spacial score (nSPS) is 11.1. The van der Waals surface area contributed by atoms with Crippen molar-refractivity contribution in [1.82, 2.24) is 0 Å². The number of hydrogen-bond donors (Lipinski definition) is 2. The lowest BCUT2D eigenvalue weighted by Crippen LogP contribution is -1.92. The molecule has 1 aromatic heterocycles. The van der Waals surface area contributed by atoms with Crippen molar-refractivity contribution in [2.24, 2.45) is 0 Å². The number of furan rings is 1. The molecule has 1 heterocycles. The van der Waals surface area contributed by atoms with Gasteiger partial charge in [-0.1, -0.05) is 6.08 Å². The molecule has 0 radical (unpaired) electrons. The highest BCUT2D eigenvalue weighted by molar-refractivity contribution is 5.62. The maximum Gasteiger partial charge on any atom is 0.300 e. The van der Waals surface area contributed by atoms with Crippen LogP contribution in [0.2, 0.25) is 0 Å². The molecule has 0 fully saturated rings. The molecular formula is C11H16O4. The lowest BCUT2D eigenvalue weighted by molar-refractivity contribution is -0.134. The van der Waals surface area contributed by atoms with Crippen molar-refractivity contribution < 1.29 is 19.4 Å². The maximum absolute atomic E-state index is 9.37. The first-order valence-corrected chi connectivity index (χ1v) is 4.52. The van der Waals surface area contributed by atoms with Crippen LogP contribution >= 0.6 is 0 Å². The minimum Gasteiger partial charge on any atom is -0.481 e. The van der Waals surface area contributed by atoms with Crippen LogP contribution < -0.4 is 0 Å². The third kappa shape index (κ3) is 6.51. The highest BCUT2D eigenvalue weighted by Gasteiger charge is 2.08. The highest BCUT2D eigenvalue weighted by atomic mass is 16.4. The quantitative estimate of drug-likeness (QED) is 0.754. The molecule has 0 saturated heterocycles. The Balaban J connectivity index is 0.000000423. The summed E-state index contributed by atoms with van der Waals surface area (Å²) in [5.74, 6) is 0.602. The van der Waals surface area contributed by atoms with Gasteiger partial charge in [0.25, 0.3) is 5.97 Å². The van der Waals surface area contributed by atoms with E-state index in [2.05, 4.69) is 6.58 Å². The van der Waals surface area contributed by atoms with Gasteiger partial charge in [-0.2, -0.15) is 0 Å². The van der Waals surface area contributed by atoms with Crippen LogP contribution in [0.3, 0.4) is 0 Å². The topological polar surface area (TPSA) is 70.7 Å². The zero-order valence-corrected chi connectivity index (χ0v) is 8.93. The average Bonchev–Trinajstić information content (AvgIpc) is 2.51. The zero-order chi connectivity index (χ0) is 11.8. The van der Waals surface area contributed by atoms with Crippen LogP contribution in [0.15, 0.2) is 29.2 Å². The van der Waals surface area contributed by atoms with E-state index < -0.39 is 12.1 Å². The van der Waals surface area contributed by atoms with Crippen molar-refractivity contribution in [2.45, 2.75) is 26.4 Å². The molecule has 0 spiro atoms. The molecule has 4 heteroatoms. The number of carbonyl (C=O) groups is 1. The molecule has 15 heavy (non-hydrogen) atoms. The Morgan fingerprint density at radius 1 is 1.67 bits per heavy atom. The molecule has 2 N–H and O–H groups in total. The Morgan fingerprint density at radius 2 is 2.20 bits per heavy atom. The van der Waals surface area contributed by atoms with Crippen molar-refractivity contribution in [2.75, 3.05) is 0 Å². The van der Waals surface area contributed by atoms with E-state index in [1.807, 2.05) is 13.0 Å². The fraction of sp³-hybridized carbons (Fsp3) is 0.364. The van der Waals surface area contributed by atoms with E-state index >= 15 is 0 Å². The summed E-state index contributed by atoms with van der Waals surface area (Å²) in [5, 5.41) is 16.8. The van der Waals surface area contributed by atoms with Crippen LogP contribution in [0, 0.1) is 6.92 Å². The first kappa shape index (κ1) is 13.4. The lowest BCUT2D eigenvalue weighted by Gasteiger charge is -2.02. The van der Waals surface area contributed by atoms with E-state index in [4.69, 9.17) is 14.3 Å². The van der Waals surface area contributed by atoms with Gasteiger partial charge < -0.3 is 14.6 Å². The van der Waals surface area contributed by atoms with Crippen LogP contribution in [0.5, 0.6) is 0 Å². The Kier molecular flexibility index (Phi) is 6.13. The molecule has 1 atom stereocenters. The van der Waals surface area contributed by atoms with Gasteiger partial charge in [-0.05, 0) is 25.5 Å². The minimum absolute atomic E-state index is 0.535.